The Labute approximate surface area is 113 Å². The Balaban J connectivity index is 2.59. The summed E-state index contributed by atoms with van der Waals surface area (Å²) in [5.74, 6) is 0.732. The van der Waals surface area contributed by atoms with E-state index in [1.54, 1.807) is 12.4 Å². The van der Waals surface area contributed by atoms with Crippen LogP contribution in [-0.2, 0) is 0 Å². The Bertz CT molecular complexity index is 636. The molecule has 6 heteroatoms. The summed E-state index contributed by atoms with van der Waals surface area (Å²) in [5, 5.41) is 0. The molecule has 0 amide bonds. The first-order valence-corrected chi connectivity index (χ1v) is 6.29. The molecule has 0 spiro atoms. The standard InChI is InChI=1S/C12H13BrN4O/c1-6(2)9-10(14)16-11(17-12(9)18)7-3-8(13)5-15-4-7/h3-6H,1-2H3,(H3,14,16,17,18). The number of hydrogen-bond acceptors (Lipinski definition) is 4. The topological polar surface area (TPSA) is 84.7 Å². The van der Waals surface area contributed by atoms with Gasteiger partial charge in [-0.3, -0.25) is 9.78 Å². The van der Waals surface area contributed by atoms with Gasteiger partial charge in [-0.1, -0.05) is 13.8 Å². The van der Waals surface area contributed by atoms with Crippen LogP contribution >= 0.6 is 15.9 Å². The number of aromatic nitrogens is 3. The highest BCUT2D eigenvalue weighted by Gasteiger charge is 2.13. The van der Waals surface area contributed by atoms with Crippen LogP contribution in [-0.4, -0.2) is 15.0 Å². The number of aromatic amines is 1. The van der Waals surface area contributed by atoms with Gasteiger partial charge in [0.15, 0.2) is 0 Å². The summed E-state index contributed by atoms with van der Waals surface area (Å²) >= 11 is 3.32. The van der Waals surface area contributed by atoms with Gasteiger partial charge in [-0.15, -0.1) is 0 Å². The second kappa shape index (κ2) is 4.89. The van der Waals surface area contributed by atoms with Gasteiger partial charge >= 0.3 is 0 Å². The summed E-state index contributed by atoms with van der Waals surface area (Å²) in [6.45, 7) is 3.81. The smallest absolute Gasteiger partial charge is 0.256 e. The van der Waals surface area contributed by atoms with Crippen molar-refractivity contribution >= 4 is 21.7 Å². The molecule has 0 radical (unpaired) electrons. The highest BCUT2D eigenvalue weighted by Crippen LogP contribution is 2.21. The molecule has 0 saturated heterocycles. The molecule has 5 nitrogen and oxygen atoms in total. The highest BCUT2D eigenvalue weighted by molar-refractivity contribution is 9.10. The van der Waals surface area contributed by atoms with Crippen molar-refractivity contribution in [3.63, 3.8) is 0 Å². The molecule has 0 saturated carbocycles. The third kappa shape index (κ3) is 2.43. The number of halogens is 1. The molecule has 0 unspecified atom stereocenters. The summed E-state index contributed by atoms with van der Waals surface area (Å²) in [6, 6.07) is 1.82. The maximum atomic E-state index is 12.0. The molecule has 3 N–H and O–H groups in total. The Morgan fingerprint density at radius 3 is 2.67 bits per heavy atom. The van der Waals surface area contributed by atoms with Crippen LogP contribution < -0.4 is 11.3 Å². The Kier molecular flexibility index (Phi) is 3.47. The first-order chi connectivity index (χ1) is 8.49. The molecule has 2 heterocycles. The van der Waals surface area contributed by atoms with Crippen molar-refractivity contribution in [3.8, 4) is 11.4 Å². The van der Waals surface area contributed by atoms with Crippen LogP contribution in [0.15, 0.2) is 27.7 Å². The SMILES string of the molecule is CC(C)c1c(N)nc(-c2cncc(Br)c2)[nH]c1=O. The molecule has 0 aromatic carbocycles. The van der Waals surface area contributed by atoms with Gasteiger partial charge in [0.1, 0.15) is 11.6 Å². The third-order valence-corrected chi connectivity index (χ3v) is 2.97. The maximum absolute atomic E-state index is 12.0. The zero-order valence-corrected chi connectivity index (χ0v) is 11.7. The summed E-state index contributed by atoms with van der Waals surface area (Å²) in [5.41, 5.74) is 6.86. The lowest BCUT2D eigenvalue weighted by atomic mass is 10.1. The fourth-order valence-electron chi connectivity index (χ4n) is 1.74. The van der Waals surface area contributed by atoms with Gasteiger partial charge in [0.2, 0.25) is 0 Å². The Morgan fingerprint density at radius 1 is 1.39 bits per heavy atom. The van der Waals surface area contributed by atoms with Crippen molar-refractivity contribution in [3.05, 3.63) is 38.9 Å². The molecule has 0 aliphatic rings. The van der Waals surface area contributed by atoms with Crippen molar-refractivity contribution in [1.29, 1.82) is 0 Å². The zero-order chi connectivity index (χ0) is 13.3. The van der Waals surface area contributed by atoms with Crippen molar-refractivity contribution in [1.82, 2.24) is 15.0 Å². The second-order valence-electron chi connectivity index (χ2n) is 4.26. The number of pyridine rings is 1. The number of nitrogens with one attached hydrogen (secondary N) is 1. The minimum Gasteiger partial charge on any atom is -0.383 e. The summed E-state index contributed by atoms with van der Waals surface area (Å²) < 4.78 is 0.814. The normalized spacial score (nSPS) is 10.9. The molecule has 0 aliphatic heterocycles. The van der Waals surface area contributed by atoms with E-state index in [0.29, 0.717) is 17.0 Å². The molecule has 94 valence electrons. The fraction of sp³-hybridized carbons (Fsp3) is 0.250. The van der Waals surface area contributed by atoms with Crippen LogP contribution in [0, 0.1) is 0 Å². The lowest BCUT2D eigenvalue weighted by Gasteiger charge is -2.09. The van der Waals surface area contributed by atoms with E-state index >= 15 is 0 Å². The number of nitrogen functional groups attached to an aromatic ring is 1. The van der Waals surface area contributed by atoms with E-state index < -0.39 is 0 Å². The number of anilines is 1. The second-order valence-corrected chi connectivity index (χ2v) is 5.18. The average Bonchev–Trinajstić information content (AvgIpc) is 2.27. The van der Waals surface area contributed by atoms with E-state index in [2.05, 4.69) is 30.9 Å². The van der Waals surface area contributed by atoms with Crippen LogP contribution in [0.1, 0.15) is 25.3 Å². The van der Waals surface area contributed by atoms with Crippen LogP contribution in [0.3, 0.4) is 0 Å². The van der Waals surface area contributed by atoms with Crippen LogP contribution in [0.2, 0.25) is 0 Å². The van der Waals surface area contributed by atoms with E-state index in [0.717, 1.165) is 4.47 Å². The van der Waals surface area contributed by atoms with E-state index in [9.17, 15) is 4.79 Å². The first kappa shape index (κ1) is 12.8. The van der Waals surface area contributed by atoms with Gasteiger partial charge in [-0.25, -0.2) is 4.98 Å². The molecule has 2 rings (SSSR count). The molecule has 0 bridgehead atoms. The monoisotopic (exact) mass is 308 g/mol. The average molecular weight is 309 g/mol. The lowest BCUT2D eigenvalue weighted by Crippen LogP contribution is -2.19. The van der Waals surface area contributed by atoms with Crippen molar-refractivity contribution in [2.75, 3.05) is 5.73 Å². The first-order valence-electron chi connectivity index (χ1n) is 5.49. The number of hydrogen-bond donors (Lipinski definition) is 2. The van der Waals surface area contributed by atoms with Crippen LogP contribution in [0.4, 0.5) is 5.82 Å². The van der Waals surface area contributed by atoms with Gasteiger partial charge in [-0.05, 0) is 27.9 Å². The van der Waals surface area contributed by atoms with E-state index in [-0.39, 0.29) is 17.3 Å². The van der Waals surface area contributed by atoms with Gasteiger partial charge < -0.3 is 10.7 Å². The van der Waals surface area contributed by atoms with Gasteiger partial charge in [0, 0.05) is 22.4 Å². The lowest BCUT2D eigenvalue weighted by molar-refractivity contribution is 0.837. The fourth-order valence-corrected chi connectivity index (χ4v) is 2.10. The summed E-state index contributed by atoms with van der Waals surface area (Å²) in [4.78, 5) is 22.9. The third-order valence-electron chi connectivity index (χ3n) is 2.54. The molecule has 2 aromatic heterocycles. The minimum absolute atomic E-state index is 0.0379. The number of nitrogens with zero attached hydrogens (tertiary/aromatic N) is 2. The largest absolute Gasteiger partial charge is 0.383 e. The summed E-state index contributed by atoms with van der Waals surface area (Å²) in [7, 11) is 0. The van der Waals surface area contributed by atoms with E-state index in [1.807, 2.05) is 19.9 Å². The molecule has 2 aromatic rings. The quantitative estimate of drug-likeness (QED) is 0.891. The zero-order valence-electron chi connectivity index (χ0n) is 10.1. The minimum atomic E-state index is -0.201. The van der Waals surface area contributed by atoms with E-state index in [4.69, 9.17) is 5.73 Å². The van der Waals surface area contributed by atoms with Gasteiger partial charge in [0.05, 0.1) is 5.56 Å². The molecule has 0 atom stereocenters. The number of H-pyrrole nitrogens is 1. The Hall–Kier alpha value is -1.69. The van der Waals surface area contributed by atoms with Crippen LogP contribution in [0.25, 0.3) is 11.4 Å². The molecular weight excluding hydrogens is 296 g/mol. The highest BCUT2D eigenvalue weighted by atomic mass is 79.9. The number of nitrogens with two attached hydrogens (primary N) is 1. The maximum Gasteiger partial charge on any atom is 0.256 e. The van der Waals surface area contributed by atoms with Gasteiger partial charge in [0.25, 0.3) is 5.56 Å². The van der Waals surface area contributed by atoms with Crippen LogP contribution in [0.5, 0.6) is 0 Å². The van der Waals surface area contributed by atoms with Crippen molar-refractivity contribution < 1.29 is 0 Å². The molecular formula is C12H13BrN4O. The van der Waals surface area contributed by atoms with E-state index in [1.165, 1.54) is 0 Å². The summed E-state index contributed by atoms with van der Waals surface area (Å²) in [6.07, 6.45) is 3.28. The molecule has 18 heavy (non-hydrogen) atoms. The van der Waals surface area contributed by atoms with Crippen molar-refractivity contribution in [2.45, 2.75) is 19.8 Å². The van der Waals surface area contributed by atoms with Gasteiger partial charge in [-0.2, -0.15) is 0 Å². The molecule has 0 fully saturated rings. The predicted molar refractivity (Wildman–Crippen MR) is 74.3 cm³/mol. The molecule has 0 aliphatic carbocycles. The number of rotatable bonds is 2. The van der Waals surface area contributed by atoms with Crippen molar-refractivity contribution in [2.24, 2.45) is 0 Å². The Morgan fingerprint density at radius 2 is 2.11 bits per heavy atom. The predicted octanol–water partition coefficient (Wildman–Crippen LogP) is 2.30.